The Labute approximate surface area is 126 Å². The first-order valence-electron chi connectivity index (χ1n) is 7.01. The van der Waals surface area contributed by atoms with Crippen LogP contribution in [0.4, 0.5) is 13.2 Å². The van der Waals surface area contributed by atoms with Gasteiger partial charge in [-0.15, -0.1) is 0 Å². The summed E-state index contributed by atoms with van der Waals surface area (Å²) < 4.78 is 43.8. The number of carbonyl (C=O) groups excluding carboxylic acids is 1. The van der Waals surface area contributed by atoms with Gasteiger partial charge in [-0.2, -0.15) is 13.2 Å². The van der Waals surface area contributed by atoms with Crippen molar-refractivity contribution in [2.75, 3.05) is 32.8 Å². The van der Waals surface area contributed by atoms with Crippen LogP contribution in [-0.4, -0.2) is 54.7 Å². The highest BCUT2D eigenvalue weighted by Crippen LogP contribution is 2.31. The van der Waals surface area contributed by atoms with E-state index in [1.807, 2.05) is 6.92 Å². The molecule has 0 aliphatic carbocycles. The lowest BCUT2D eigenvalue weighted by Gasteiger charge is -2.33. The Morgan fingerprint density at radius 2 is 2.32 bits per heavy atom. The molecule has 1 saturated heterocycles. The second-order valence-electron chi connectivity index (χ2n) is 5.13. The number of aromatic nitrogens is 1. The fourth-order valence-electron chi connectivity index (χ4n) is 2.32. The number of nitrogens with zero attached hydrogens (tertiary/aromatic N) is 2. The summed E-state index contributed by atoms with van der Waals surface area (Å²) in [7, 11) is 0. The number of amides is 1. The van der Waals surface area contributed by atoms with E-state index in [-0.39, 0.29) is 12.6 Å². The summed E-state index contributed by atoms with van der Waals surface area (Å²) in [6, 6.07) is 1.04. The Morgan fingerprint density at radius 3 is 3.00 bits per heavy atom. The number of halogens is 3. The molecule has 0 spiro atoms. The van der Waals surface area contributed by atoms with E-state index < -0.39 is 23.2 Å². The Hall–Kier alpha value is -1.67. The molecule has 1 N–H and O–H groups in total. The lowest BCUT2D eigenvalue weighted by molar-refractivity contribution is -0.138. The number of hydrogen-bond acceptors (Lipinski definition) is 4. The third-order valence-electron chi connectivity index (χ3n) is 3.56. The highest BCUT2D eigenvalue weighted by molar-refractivity contribution is 5.95. The summed E-state index contributed by atoms with van der Waals surface area (Å²) >= 11 is 0. The molecular formula is C14H18F3N3O2. The topological polar surface area (TPSA) is 54.5 Å². The van der Waals surface area contributed by atoms with E-state index in [2.05, 4.69) is 15.2 Å². The Morgan fingerprint density at radius 1 is 1.55 bits per heavy atom. The van der Waals surface area contributed by atoms with Crippen LogP contribution in [0.2, 0.25) is 0 Å². The maximum atomic E-state index is 12.8. The van der Waals surface area contributed by atoms with Gasteiger partial charge in [-0.1, -0.05) is 0 Å². The number of rotatable bonds is 4. The SMILES string of the molecule is CC1COCCN1CCNC(=O)c1cnccc1C(F)(F)F. The average Bonchev–Trinajstić information content (AvgIpc) is 2.48. The molecule has 5 nitrogen and oxygen atoms in total. The quantitative estimate of drug-likeness (QED) is 0.915. The first-order chi connectivity index (χ1) is 10.4. The second kappa shape index (κ2) is 7.06. The van der Waals surface area contributed by atoms with Crippen molar-refractivity contribution < 1.29 is 22.7 Å². The smallest absolute Gasteiger partial charge is 0.379 e. The third-order valence-corrected chi connectivity index (χ3v) is 3.56. The molecule has 1 aliphatic heterocycles. The van der Waals surface area contributed by atoms with Gasteiger partial charge in [0.25, 0.3) is 5.91 Å². The maximum Gasteiger partial charge on any atom is 0.417 e. The molecule has 0 bridgehead atoms. The number of ether oxygens (including phenoxy) is 1. The molecule has 22 heavy (non-hydrogen) atoms. The van der Waals surface area contributed by atoms with Crippen LogP contribution in [0.1, 0.15) is 22.8 Å². The fraction of sp³-hybridized carbons (Fsp3) is 0.571. The van der Waals surface area contributed by atoms with Gasteiger partial charge in [0.05, 0.1) is 24.3 Å². The minimum absolute atomic E-state index is 0.231. The predicted octanol–water partition coefficient (Wildman–Crippen LogP) is 1.55. The van der Waals surface area contributed by atoms with Crippen molar-refractivity contribution in [3.05, 3.63) is 29.6 Å². The number of nitrogens with one attached hydrogen (secondary N) is 1. The molecule has 1 aromatic heterocycles. The van der Waals surface area contributed by atoms with Crippen LogP contribution in [0.25, 0.3) is 0 Å². The summed E-state index contributed by atoms with van der Waals surface area (Å²) in [4.78, 5) is 17.7. The van der Waals surface area contributed by atoms with Gasteiger partial charge in [0.15, 0.2) is 0 Å². The lowest BCUT2D eigenvalue weighted by Crippen LogP contribution is -2.46. The number of carbonyl (C=O) groups is 1. The van der Waals surface area contributed by atoms with Gasteiger partial charge in [-0.05, 0) is 13.0 Å². The van der Waals surface area contributed by atoms with Gasteiger partial charge in [-0.3, -0.25) is 14.7 Å². The van der Waals surface area contributed by atoms with Crippen LogP contribution in [0.3, 0.4) is 0 Å². The molecule has 1 aliphatic rings. The summed E-state index contributed by atoms with van der Waals surface area (Å²) in [5, 5.41) is 2.52. The molecule has 0 aromatic carbocycles. The van der Waals surface area contributed by atoms with E-state index in [1.54, 1.807) is 0 Å². The zero-order chi connectivity index (χ0) is 16.2. The van der Waals surface area contributed by atoms with Gasteiger partial charge >= 0.3 is 6.18 Å². The maximum absolute atomic E-state index is 12.8. The van der Waals surface area contributed by atoms with Crippen molar-refractivity contribution in [3.63, 3.8) is 0 Å². The molecule has 1 amide bonds. The summed E-state index contributed by atoms with van der Waals surface area (Å²) in [6.07, 6.45) is -2.61. The zero-order valence-corrected chi connectivity index (χ0v) is 12.2. The Bertz CT molecular complexity index is 522. The molecular weight excluding hydrogens is 299 g/mol. The van der Waals surface area contributed by atoms with Gasteiger partial charge in [0, 0.05) is 38.1 Å². The van der Waals surface area contributed by atoms with E-state index in [1.165, 1.54) is 0 Å². The van der Waals surface area contributed by atoms with Crippen LogP contribution < -0.4 is 5.32 Å². The van der Waals surface area contributed by atoms with Gasteiger partial charge in [-0.25, -0.2) is 0 Å². The fourth-order valence-corrected chi connectivity index (χ4v) is 2.32. The molecule has 2 heterocycles. The van der Waals surface area contributed by atoms with Crippen LogP contribution >= 0.6 is 0 Å². The van der Waals surface area contributed by atoms with Gasteiger partial charge in [0.1, 0.15) is 0 Å². The van der Waals surface area contributed by atoms with E-state index in [0.717, 1.165) is 25.0 Å². The number of alkyl halides is 3. The van der Waals surface area contributed by atoms with Crippen molar-refractivity contribution in [1.29, 1.82) is 0 Å². The molecule has 1 fully saturated rings. The standard InChI is InChI=1S/C14H18F3N3O2/c1-10-9-22-7-6-20(10)5-4-19-13(21)11-8-18-3-2-12(11)14(15,16)17/h2-3,8,10H,4-7,9H2,1H3,(H,19,21). The zero-order valence-electron chi connectivity index (χ0n) is 12.2. The largest absolute Gasteiger partial charge is 0.417 e. The molecule has 8 heteroatoms. The summed E-state index contributed by atoms with van der Waals surface area (Å²) in [5.74, 6) is -0.763. The number of pyridine rings is 1. The van der Waals surface area contributed by atoms with Gasteiger partial charge in [0.2, 0.25) is 0 Å². The highest BCUT2D eigenvalue weighted by atomic mass is 19.4. The van der Waals surface area contributed by atoms with Crippen molar-refractivity contribution in [1.82, 2.24) is 15.2 Å². The predicted molar refractivity (Wildman–Crippen MR) is 73.4 cm³/mol. The van der Waals surface area contributed by atoms with Crippen LogP contribution in [0.5, 0.6) is 0 Å². The minimum Gasteiger partial charge on any atom is -0.379 e. The van der Waals surface area contributed by atoms with Crippen LogP contribution in [0, 0.1) is 0 Å². The summed E-state index contributed by atoms with van der Waals surface area (Å²) in [6.45, 7) is 4.84. The normalized spacial score (nSPS) is 19.9. The van der Waals surface area contributed by atoms with E-state index in [0.29, 0.717) is 19.8 Å². The number of morpholine rings is 1. The van der Waals surface area contributed by atoms with Crippen molar-refractivity contribution in [3.8, 4) is 0 Å². The van der Waals surface area contributed by atoms with Crippen molar-refractivity contribution >= 4 is 5.91 Å². The Kier molecular flexibility index (Phi) is 5.36. The summed E-state index contributed by atoms with van der Waals surface area (Å²) in [5.41, 5.74) is -1.43. The van der Waals surface area contributed by atoms with E-state index in [9.17, 15) is 18.0 Å². The minimum atomic E-state index is -4.58. The van der Waals surface area contributed by atoms with Crippen molar-refractivity contribution in [2.45, 2.75) is 19.1 Å². The molecule has 1 atom stereocenters. The first-order valence-corrected chi connectivity index (χ1v) is 7.01. The highest BCUT2D eigenvalue weighted by Gasteiger charge is 2.35. The molecule has 0 radical (unpaired) electrons. The molecule has 1 unspecified atom stereocenters. The molecule has 0 saturated carbocycles. The first kappa shape index (κ1) is 16.7. The third kappa shape index (κ3) is 4.17. The van der Waals surface area contributed by atoms with Crippen LogP contribution in [0.15, 0.2) is 18.5 Å². The molecule has 1 aromatic rings. The van der Waals surface area contributed by atoms with E-state index in [4.69, 9.17) is 4.74 Å². The molecule has 122 valence electrons. The van der Waals surface area contributed by atoms with Crippen LogP contribution in [-0.2, 0) is 10.9 Å². The molecule has 2 rings (SSSR count). The van der Waals surface area contributed by atoms with E-state index >= 15 is 0 Å². The average molecular weight is 317 g/mol. The lowest BCUT2D eigenvalue weighted by atomic mass is 10.1. The monoisotopic (exact) mass is 317 g/mol. The Balaban J connectivity index is 1.93. The second-order valence-corrected chi connectivity index (χ2v) is 5.13. The number of hydrogen-bond donors (Lipinski definition) is 1. The van der Waals surface area contributed by atoms with Gasteiger partial charge < -0.3 is 10.1 Å². The van der Waals surface area contributed by atoms with Crippen molar-refractivity contribution in [2.24, 2.45) is 0 Å².